The first-order valence-electron chi connectivity index (χ1n) is 6.25. The molecule has 2 aliphatic rings. The van der Waals surface area contributed by atoms with Crippen molar-refractivity contribution in [1.29, 1.82) is 0 Å². The van der Waals surface area contributed by atoms with Crippen LogP contribution < -0.4 is 5.32 Å². The summed E-state index contributed by atoms with van der Waals surface area (Å²) in [4.78, 5) is 10.6. The van der Waals surface area contributed by atoms with Gasteiger partial charge >= 0.3 is 0 Å². The average molecular weight is 232 g/mol. The first-order chi connectivity index (χ1) is 8.25. The third-order valence-corrected chi connectivity index (χ3v) is 4.03. The van der Waals surface area contributed by atoms with Crippen LogP contribution in [-0.2, 0) is 0 Å². The molecule has 0 amide bonds. The Bertz CT molecular complexity index is 447. The number of para-hydroxylation sites is 2. The maximum atomic E-state index is 10.9. The molecule has 90 valence electrons. The molecule has 0 aromatic heterocycles. The highest BCUT2D eigenvalue weighted by Crippen LogP contribution is 2.50. The molecule has 1 N–H and O–H groups in total. The van der Waals surface area contributed by atoms with Crippen LogP contribution in [0.1, 0.15) is 25.7 Å². The molecule has 2 aliphatic carbocycles. The van der Waals surface area contributed by atoms with Crippen LogP contribution in [0.4, 0.5) is 11.4 Å². The van der Waals surface area contributed by atoms with Crippen LogP contribution >= 0.6 is 0 Å². The number of hydrogen-bond acceptors (Lipinski definition) is 3. The zero-order chi connectivity index (χ0) is 11.8. The minimum Gasteiger partial charge on any atom is -0.376 e. The molecule has 17 heavy (non-hydrogen) atoms. The van der Waals surface area contributed by atoms with E-state index in [1.807, 2.05) is 12.1 Å². The summed E-state index contributed by atoms with van der Waals surface area (Å²) in [5.41, 5.74) is 0.866. The van der Waals surface area contributed by atoms with Crippen LogP contribution in [0.5, 0.6) is 0 Å². The Kier molecular flexibility index (Phi) is 2.50. The summed E-state index contributed by atoms with van der Waals surface area (Å²) in [5, 5.41) is 14.3. The molecule has 0 radical (unpaired) electrons. The van der Waals surface area contributed by atoms with Gasteiger partial charge in [-0.15, -0.1) is 0 Å². The summed E-state index contributed by atoms with van der Waals surface area (Å²) in [6.45, 7) is 0. The molecular weight excluding hydrogens is 216 g/mol. The summed E-state index contributed by atoms with van der Waals surface area (Å²) >= 11 is 0. The standard InChI is InChI=1S/C13H16N2O2/c16-15(17)13-7-2-1-5-12(13)14-11-6-3-4-9-8-10(9)11/h1-2,5,7,9-11,14H,3-4,6,8H2. The van der Waals surface area contributed by atoms with E-state index in [1.54, 1.807) is 12.1 Å². The molecule has 2 saturated carbocycles. The van der Waals surface area contributed by atoms with Gasteiger partial charge in [0.25, 0.3) is 5.69 Å². The second kappa shape index (κ2) is 4.02. The first kappa shape index (κ1) is 10.6. The highest BCUT2D eigenvalue weighted by Gasteiger charge is 2.45. The smallest absolute Gasteiger partial charge is 0.292 e. The van der Waals surface area contributed by atoms with E-state index in [0.29, 0.717) is 11.7 Å². The van der Waals surface area contributed by atoms with Crippen molar-refractivity contribution in [3.05, 3.63) is 34.4 Å². The average Bonchev–Trinajstić information content (AvgIpc) is 3.09. The van der Waals surface area contributed by atoms with Gasteiger partial charge in [0.2, 0.25) is 0 Å². The molecule has 0 heterocycles. The van der Waals surface area contributed by atoms with Crippen molar-refractivity contribution >= 4 is 11.4 Å². The van der Waals surface area contributed by atoms with Crippen molar-refractivity contribution < 1.29 is 4.92 Å². The van der Waals surface area contributed by atoms with Crippen LogP contribution in [-0.4, -0.2) is 11.0 Å². The van der Waals surface area contributed by atoms with Crippen LogP contribution in [0.15, 0.2) is 24.3 Å². The minimum absolute atomic E-state index is 0.190. The Morgan fingerprint density at radius 2 is 2.12 bits per heavy atom. The number of nitrogens with one attached hydrogen (secondary N) is 1. The number of anilines is 1. The first-order valence-corrected chi connectivity index (χ1v) is 6.25. The van der Waals surface area contributed by atoms with Crippen molar-refractivity contribution in [2.24, 2.45) is 11.8 Å². The molecule has 4 heteroatoms. The van der Waals surface area contributed by atoms with Gasteiger partial charge in [-0.05, 0) is 30.7 Å². The van der Waals surface area contributed by atoms with Gasteiger partial charge < -0.3 is 5.32 Å². The van der Waals surface area contributed by atoms with Crippen LogP contribution in [0.25, 0.3) is 0 Å². The summed E-state index contributed by atoms with van der Waals surface area (Å²) in [5.74, 6) is 1.63. The van der Waals surface area contributed by atoms with Crippen LogP contribution in [0.2, 0.25) is 0 Å². The van der Waals surface area contributed by atoms with Gasteiger partial charge in [0.1, 0.15) is 5.69 Å². The molecule has 2 fully saturated rings. The van der Waals surface area contributed by atoms with Crippen LogP contribution in [0, 0.1) is 22.0 Å². The Morgan fingerprint density at radius 3 is 2.94 bits per heavy atom. The number of hydrogen-bond donors (Lipinski definition) is 1. The SMILES string of the molecule is O=[N+]([O-])c1ccccc1NC1CCCC2CC21. The van der Waals surface area contributed by atoms with E-state index in [4.69, 9.17) is 0 Å². The van der Waals surface area contributed by atoms with Crippen molar-refractivity contribution in [3.63, 3.8) is 0 Å². The van der Waals surface area contributed by atoms with Gasteiger partial charge in [-0.1, -0.05) is 25.0 Å². The van der Waals surface area contributed by atoms with Crippen molar-refractivity contribution in [2.45, 2.75) is 31.7 Å². The summed E-state index contributed by atoms with van der Waals surface area (Å²) in [6.07, 6.45) is 5.05. The molecule has 1 aromatic carbocycles. The fraction of sp³-hybridized carbons (Fsp3) is 0.538. The fourth-order valence-electron chi connectivity index (χ4n) is 3.04. The Balaban J connectivity index is 1.78. The number of nitro groups is 1. The molecular formula is C13H16N2O2. The lowest BCUT2D eigenvalue weighted by Gasteiger charge is -2.23. The molecule has 1 aromatic rings. The van der Waals surface area contributed by atoms with E-state index in [-0.39, 0.29) is 10.6 Å². The maximum Gasteiger partial charge on any atom is 0.292 e. The van der Waals surface area contributed by atoms with Gasteiger partial charge in [0.15, 0.2) is 0 Å². The maximum absolute atomic E-state index is 10.9. The summed E-state index contributed by atoms with van der Waals surface area (Å²) < 4.78 is 0. The number of fused-ring (bicyclic) bond motifs is 1. The van der Waals surface area contributed by atoms with E-state index in [9.17, 15) is 10.1 Å². The zero-order valence-corrected chi connectivity index (χ0v) is 9.63. The van der Waals surface area contributed by atoms with Gasteiger partial charge in [-0.25, -0.2) is 0 Å². The Labute approximate surface area is 100 Å². The summed E-state index contributed by atoms with van der Waals surface area (Å²) in [7, 11) is 0. The third-order valence-electron chi connectivity index (χ3n) is 4.03. The molecule has 0 aliphatic heterocycles. The second-order valence-electron chi connectivity index (χ2n) is 5.12. The third kappa shape index (κ3) is 1.99. The van der Waals surface area contributed by atoms with Crippen LogP contribution in [0.3, 0.4) is 0 Å². The lowest BCUT2D eigenvalue weighted by Crippen LogP contribution is -2.25. The largest absolute Gasteiger partial charge is 0.376 e. The number of nitro benzene ring substituents is 1. The lowest BCUT2D eigenvalue weighted by atomic mass is 9.95. The fourth-order valence-corrected chi connectivity index (χ4v) is 3.04. The Hall–Kier alpha value is -1.58. The van der Waals surface area contributed by atoms with E-state index in [0.717, 1.165) is 18.3 Å². The van der Waals surface area contributed by atoms with Crippen molar-refractivity contribution in [2.75, 3.05) is 5.32 Å². The van der Waals surface area contributed by atoms with Gasteiger partial charge in [-0.2, -0.15) is 0 Å². The van der Waals surface area contributed by atoms with E-state index >= 15 is 0 Å². The lowest BCUT2D eigenvalue weighted by molar-refractivity contribution is -0.384. The van der Waals surface area contributed by atoms with Gasteiger partial charge in [-0.3, -0.25) is 10.1 Å². The van der Waals surface area contributed by atoms with E-state index < -0.39 is 0 Å². The van der Waals surface area contributed by atoms with Crippen molar-refractivity contribution in [1.82, 2.24) is 0 Å². The molecule has 0 saturated heterocycles. The zero-order valence-electron chi connectivity index (χ0n) is 9.63. The van der Waals surface area contributed by atoms with Gasteiger partial charge in [0, 0.05) is 12.1 Å². The predicted octanol–water partition coefficient (Wildman–Crippen LogP) is 3.20. The molecule has 3 unspecified atom stereocenters. The topological polar surface area (TPSA) is 55.2 Å². The quantitative estimate of drug-likeness (QED) is 0.643. The predicted molar refractivity (Wildman–Crippen MR) is 66.0 cm³/mol. The molecule has 3 rings (SSSR count). The van der Waals surface area contributed by atoms with Crippen molar-refractivity contribution in [3.8, 4) is 0 Å². The normalized spacial score (nSPS) is 30.5. The highest BCUT2D eigenvalue weighted by molar-refractivity contribution is 5.61. The van der Waals surface area contributed by atoms with E-state index in [1.165, 1.54) is 19.3 Å². The number of rotatable bonds is 3. The minimum atomic E-state index is -0.310. The molecule has 0 spiro atoms. The number of nitrogens with zero attached hydrogens (tertiary/aromatic N) is 1. The summed E-state index contributed by atoms with van der Waals surface area (Å²) in [6, 6.07) is 7.38. The highest BCUT2D eigenvalue weighted by atomic mass is 16.6. The number of benzene rings is 1. The molecule has 3 atom stereocenters. The molecule has 4 nitrogen and oxygen atoms in total. The second-order valence-corrected chi connectivity index (χ2v) is 5.12. The van der Waals surface area contributed by atoms with E-state index in [2.05, 4.69) is 5.32 Å². The monoisotopic (exact) mass is 232 g/mol. The molecule has 0 bridgehead atoms. The van der Waals surface area contributed by atoms with Gasteiger partial charge in [0.05, 0.1) is 4.92 Å². The Morgan fingerprint density at radius 1 is 1.29 bits per heavy atom.